The van der Waals surface area contributed by atoms with Crippen LogP contribution in [0, 0.1) is 0 Å². The van der Waals surface area contributed by atoms with E-state index >= 15 is 0 Å². The Balaban J connectivity index is 2.15. The number of aromatic nitrogens is 2. The van der Waals surface area contributed by atoms with Crippen molar-refractivity contribution in [2.45, 2.75) is 13.3 Å². The third-order valence-corrected chi connectivity index (χ3v) is 4.47. The first-order valence-corrected chi connectivity index (χ1v) is 7.51. The van der Waals surface area contributed by atoms with Crippen molar-refractivity contribution in [2.75, 3.05) is 13.9 Å². The van der Waals surface area contributed by atoms with E-state index < -0.39 is 0 Å². The molecule has 110 valence electrons. The first kappa shape index (κ1) is 14.4. The summed E-state index contributed by atoms with van der Waals surface area (Å²) in [5.41, 5.74) is 1.61. The van der Waals surface area contributed by atoms with Crippen molar-refractivity contribution in [3.8, 4) is 28.6 Å². The number of halogens is 2. The molecular formula is C14H12BrClN2O3. The Labute approximate surface area is 135 Å². The first-order valence-electron chi connectivity index (χ1n) is 6.34. The number of fused-ring (bicyclic) bond motifs is 1. The predicted octanol–water partition coefficient (Wildman–Crippen LogP) is 3.86. The van der Waals surface area contributed by atoms with Crippen LogP contribution in [0.3, 0.4) is 0 Å². The van der Waals surface area contributed by atoms with Gasteiger partial charge in [-0.05, 0) is 34.5 Å². The van der Waals surface area contributed by atoms with Crippen LogP contribution in [0.25, 0.3) is 11.4 Å². The van der Waals surface area contributed by atoms with Crippen LogP contribution >= 0.6 is 27.5 Å². The fourth-order valence-corrected chi connectivity index (χ4v) is 2.73. The summed E-state index contributed by atoms with van der Waals surface area (Å²) in [5.74, 6) is 2.32. The Morgan fingerprint density at radius 2 is 2.14 bits per heavy atom. The number of ether oxygens (including phenoxy) is 3. The van der Waals surface area contributed by atoms with Gasteiger partial charge in [0.05, 0.1) is 17.3 Å². The van der Waals surface area contributed by atoms with E-state index in [-0.39, 0.29) is 6.79 Å². The predicted molar refractivity (Wildman–Crippen MR) is 82.2 cm³/mol. The standard InChI is InChI=1S/C14H12BrClN2O3/c1-3-8-11(15)13(16)18-14(17-8)7-4-9(19-2)12-10(5-7)20-6-21-12/h4-5H,3,6H2,1-2H3. The van der Waals surface area contributed by atoms with Gasteiger partial charge in [-0.2, -0.15) is 0 Å². The van der Waals surface area contributed by atoms with Crippen molar-refractivity contribution >= 4 is 27.5 Å². The van der Waals surface area contributed by atoms with E-state index in [2.05, 4.69) is 25.9 Å². The summed E-state index contributed by atoms with van der Waals surface area (Å²) in [6.07, 6.45) is 0.748. The van der Waals surface area contributed by atoms with Crippen molar-refractivity contribution < 1.29 is 14.2 Å². The van der Waals surface area contributed by atoms with Gasteiger partial charge >= 0.3 is 0 Å². The van der Waals surface area contributed by atoms with Crippen LogP contribution in [0.2, 0.25) is 5.15 Å². The third-order valence-electron chi connectivity index (χ3n) is 3.13. The average Bonchev–Trinajstić information content (AvgIpc) is 2.97. The maximum Gasteiger partial charge on any atom is 0.231 e. The molecular weight excluding hydrogens is 360 g/mol. The molecule has 1 aliphatic heterocycles. The number of benzene rings is 1. The van der Waals surface area contributed by atoms with Gasteiger partial charge in [0.15, 0.2) is 17.3 Å². The summed E-state index contributed by atoms with van der Waals surface area (Å²) in [5, 5.41) is 0.383. The van der Waals surface area contributed by atoms with Gasteiger partial charge in [-0.15, -0.1) is 0 Å². The maximum absolute atomic E-state index is 6.15. The molecule has 0 saturated carbocycles. The van der Waals surface area contributed by atoms with Crippen LogP contribution in [0.15, 0.2) is 16.6 Å². The fraction of sp³-hybridized carbons (Fsp3) is 0.286. The molecule has 0 unspecified atom stereocenters. The molecule has 0 aliphatic carbocycles. The number of hydrogen-bond donors (Lipinski definition) is 0. The van der Waals surface area contributed by atoms with E-state index in [1.807, 2.05) is 19.1 Å². The van der Waals surface area contributed by atoms with Crippen molar-refractivity contribution in [3.05, 3.63) is 27.5 Å². The maximum atomic E-state index is 6.15. The van der Waals surface area contributed by atoms with E-state index in [0.717, 1.165) is 22.2 Å². The highest BCUT2D eigenvalue weighted by Crippen LogP contribution is 2.44. The zero-order chi connectivity index (χ0) is 15.0. The molecule has 21 heavy (non-hydrogen) atoms. The number of methoxy groups -OCH3 is 1. The highest BCUT2D eigenvalue weighted by Gasteiger charge is 2.22. The topological polar surface area (TPSA) is 53.5 Å². The normalized spacial score (nSPS) is 12.6. The van der Waals surface area contributed by atoms with Gasteiger partial charge in [0.2, 0.25) is 12.5 Å². The van der Waals surface area contributed by atoms with Gasteiger partial charge in [0.25, 0.3) is 0 Å². The van der Waals surface area contributed by atoms with E-state index in [0.29, 0.717) is 28.2 Å². The second-order valence-corrected chi connectivity index (χ2v) is 5.52. The summed E-state index contributed by atoms with van der Waals surface area (Å²) < 4.78 is 16.8. The molecule has 0 radical (unpaired) electrons. The summed E-state index contributed by atoms with van der Waals surface area (Å²) in [6, 6.07) is 3.64. The van der Waals surface area contributed by atoms with E-state index in [1.165, 1.54) is 0 Å². The second-order valence-electron chi connectivity index (χ2n) is 4.36. The molecule has 1 aliphatic rings. The first-order chi connectivity index (χ1) is 10.1. The molecule has 7 heteroatoms. The monoisotopic (exact) mass is 370 g/mol. The molecule has 3 rings (SSSR count). The van der Waals surface area contributed by atoms with Crippen molar-refractivity contribution in [1.82, 2.24) is 9.97 Å². The largest absolute Gasteiger partial charge is 0.493 e. The van der Waals surface area contributed by atoms with Crippen LogP contribution in [-0.4, -0.2) is 23.9 Å². The zero-order valence-electron chi connectivity index (χ0n) is 11.4. The van der Waals surface area contributed by atoms with Crippen molar-refractivity contribution in [1.29, 1.82) is 0 Å². The second kappa shape index (κ2) is 5.69. The Hall–Kier alpha value is -1.53. The molecule has 0 saturated heterocycles. The highest BCUT2D eigenvalue weighted by atomic mass is 79.9. The molecule has 0 bridgehead atoms. The lowest BCUT2D eigenvalue weighted by Gasteiger charge is -2.10. The molecule has 0 amide bonds. The molecule has 0 atom stereocenters. The number of aryl methyl sites for hydroxylation is 1. The zero-order valence-corrected chi connectivity index (χ0v) is 13.8. The van der Waals surface area contributed by atoms with Crippen LogP contribution in [0.5, 0.6) is 17.2 Å². The van der Waals surface area contributed by atoms with Gasteiger partial charge in [0.1, 0.15) is 5.15 Å². The SMILES string of the molecule is CCc1nc(-c2cc(OC)c3c(c2)OCO3)nc(Cl)c1Br. The Morgan fingerprint density at radius 1 is 1.33 bits per heavy atom. The molecule has 1 aromatic heterocycles. The van der Waals surface area contributed by atoms with E-state index in [4.69, 9.17) is 25.8 Å². The van der Waals surface area contributed by atoms with Crippen molar-refractivity contribution in [3.63, 3.8) is 0 Å². The smallest absolute Gasteiger partial charge is 0.231 e. The summed E-state index contributed by atoms with van der Waals surface area (Å²) in [7, 11) is 1.58. The molecule has 0 N–H and O–H groups in total. The highest BCUT2D eigenvalue weighted by molar-refractivity contribution is 9.10. The van der Waals surface area contributed by atoms with Gasteiger partial charge in [0, 0.05) is 5.56 Å². The van der Waals surface area contributed by atoms with Crippen molar-refractivity contribution in [2.24, 2.45) is 0 Å². The minimum absolute atomic E-state index is 0.178. The third kappa shape index (κ3) is 2.53. The Bertz CT molecular complexity index is 709. The molecule has 2 heterocycles. The van der Waals surface area contributed by atoms with Gasteiger partial charge in [-0.3, -0.25) is 0 Å². The van der Waals surface area contributed by atoms with E-state index in [9.17, 15) is 0 Å². The van der Waals surface area contributed by atoms with Crippen LogP contribution in [0.4, 0.5) is 0 Å². The summed E-state index contributed by atoms with van der Waals surface area (Å²) >= 11 is 9.55. The van der Waals surface area contributed by atoms with Crippen LogP contribution < -0.4 is 14.2 Å². The molecule has 0 fully saturated rings. The van der Waals surface area contributed by atoms with Gasteiger partial charge in [-0.25, -0.2) is 9.97 Å². The number of hydrogen-bond acceptors (Lipinski definition) is 5. The van der Waals surface area contributed by atoms with E-state index in [1.54, 1.807) is 7.11 Å². The molecule has 5 nitrogen and oxygen atoms in total. The molecule has 1 aromatic carbocycles. The minimum Gasteiger partial charge on any atom is -0.493 e. The lowest BCUT2D eigenvalue weighted by molar-refractivity contribution is 0.171. The molecule has 0 spiro atoms. The number of rotatable bonds is 3. The van der Waals surface area contributed by atoms with Gasteiger partial charge in [-0.1, -0.05) is 18.5 Å². The summed E-state index contributed by atoms with van der Waals surface area (Å²) in [4.78, 5) is 8.84. The summed E-state index contributed by atoms with van der Waals surface area (Å²) in [6.45, 7) is 2.19. The quantitative estimate of drug-likeness (QED) is 0.767. The lowest BCUT2D eigenvalue weighted by Crippen LogP contribution is -1.98. The minimum atomic E-state index is 0.178. The van der Waals surface area contributed by atoms with Crippen LogP contribution in [-0.2, 0) is 6.42 Å². The van der Waals surface area contributed by atoms with Crippen LogP contribution in [0.1, 0.15) is 12.6 Å². The van der Waals surface area contributed by atoms with Gasteiger partial charge < -0.3 is 14.2 Å². The molecule has 2 aromatic rings. The number of nitrogens with zero attached hydrogens (tertiary/aromatic N) is 2. The average molecular weight is 372 g/mol. The Kier molecular flexibility index (Phi) is 3.91. The Morgan fingerprint density at radius 3 is 2.86 bits per heavy atom. The fourth-order valence-electron chi connectivity index (χ4n) is 2.09. The lowest BCUT2D eigenvalue weighted by atomic mass is 10.1.